The van der Waals surface area contributed by atoms with Crippen LogP contribution in [-0.4, -0.2) is 11.6 Å². The van der Waals surface area contributed by atoms with Gasteiger partial charge in [-0.15, -0.1) is 0 Å². The van der Waals surface area contributed by atoms with E-state index in [4.69, 9.17) is 0 Å². The molecule has 5 aliphatic carbocycles. The summed E-state index contributed by atoms with van der Waals surface area (Å²) >= 11 is 0. The third kappa shape index (κ3) is 6.19. The smallest absolute Gasteiger partial charge is 0.132 e. The van der Waals surface area contributed by atoms with Crippen LogP contribution in [0.5, 0.6) is 0 Å². The van der Waals surface area contributed by atoms with Crippen LogP contribution in [0.2, 0.25) is 0 Å². The molecule has 0 amide bonds. The van der Waals surface area contributed by atoms with Gasteiger partial charge in [0, 0.05) is 25.7 Å². The second-order valence-electron chi connectivity index (χ2n) is 11.5. The van der Waals surface area contributed by atoms with E-state index in [1.165, 1.54) is 103 Å². The van der Waals surface area contributed by atoms with Crippen molar-refractivity contribution in [2.75, 3.05) is 0 Å². The van der Waals surface area contributed by atoms with Gasteiger partial charge in [0.2, 0.25) is 0 Å². The first-order valence-corrected chi connectivity index (χ1v) is 13.7. The molecular weight excluding hydrogens is 368 g/mol. The van der Waals surface area contributed by atoms with E-state index >= 15 is 0 Å². The molecule has 5 rings (SSSR count). The van der Waals surface area contributed by atoms with Gasteiger partial charge in [-0.3, -0.25) is 9.59 Å². The van der Waals surface area contributed by atoms with Crippen molar-refractivity contribution in [2.45, 2.75) is 128 Å². The number of carbonyl (C=O) groups is 2. The fourth-order valence-corrected chi connectivity index (χ4v) is 7.81. The first-order valence-electron chi connectivity index (χ1n) is 13.7. The zero-order valence-corrected chi connectivity index (χ0v) is 19.4. The van der Waals surface area contributed by atoms with Crippen LogP contribution in [0.25, 0.3) is 0 Å². The van der Waals surface area contributed by atoms with Crippen molar-refractivity contribution in [3.63, 3.8) is 0 Å². The second kappa shape index (κ2) is 11.3. The molecule has 0 atom stereocenters. The van der Waals surface area contributed by atoms with Crippen molar-refractivity contribution >= 4 is 11.6 Å². The van der Waals surface area contributed by atoms with Gasteiger partial charge in [0.15, 0.2) is 0 Å². The molecule has 2 heteroatoms. The van der Waals surface area contributed by atoms with Crippen molar-refractivity contribution in [1.82, 2.24) is 0 Å². The first-order chi connectivity index (χ1) is 14.7. The molecule has 0 aromatic rings. The topological polar surface area (TPSA) is 34.1 Å². The lowest BCUT2D eigenvalue weighted by atomic mass is 9.68. The molecule has 2 nitrogen and oxygen atoms in total. The van der Waals surface area contributed by atoms with Gasteiger partial charge in [0.1, 0.15) is 11.6 Å². The maximum Gasteiger partial charge on any atom is 0.132 e. The second-order valence-corrected chi connectivity index (χ2v) is 11.5. The lowest BCUT2D eigenvalue weighted by Crippen LogP contribution is -2.27. The monoisotopic (exact) mass is 414 g/mol. The van der Waals surface area contributed by atoms with Gasteiger partial charge in [-0.2, -0.15) is 0 Å². The molecule has 30 heavy (non-hydrogen) atoms. The van der Waals surface area contributed by atoms with Crippen LogP contribution in [0.1, 0.15) is 128 Å². The fraction of sp³-hybridized carbons (Fsp3) is 0.929. The number of rotatable bonds is 3. The molecule has 0 unspecified atom stereocenters. The first kappa shape index (κ1) is 22.5. The van der Waals surface area contributed by atoms with Crippen LogP contribution in [0.3, 0.4) is 0 Å². The molecule has 0 bridgehead atoms. The molecule has 0 spiro atoms. The van der Waals surface area contributed by atoms with Crippen molar-refractivity contribution < 1.29 is 9.59 Å². The largest absolute Gasteiger partial charge is 0.300 e. The normalized spacial score (nSPS) is 32.9. The Morgan fingerprint density at radius 2 is 0.567 bits per heavy atom. The van der Waals surface area contributed by atoms with Crippen molar-refractivity contribution in [3.8, 4) is 0 Å². The van der Waals surface area contributed by atoms with E-state index in [1.807, 2.05) is 0 Å². The Kier molecular flexibility index (Phi) is 8.47. The Morgan fingerprint density at radius 3 is 0.867 bits per heavy atom. The molecule has 0 aliphatic heterocycles. The van der Waals surface area contributed by atoms with Gasteiger partial charge in [-0.05, 0) is 86.9 Å². The van der Waals surface area contributed by atoms with E-state index in [1.54, 1.807) is 0 Å². The summed E-state index contributed by atoms with van der Waals surface area (Å²) in [4.78, 5) is 22.3. The van der Waals surface area contributed by atoms with Gasteiger partial charge in [0.05, 0.1) is 0 Å². The van der Waals surface area contributed by atoms with Gasteiger partial charge in [-0.1, -0.05) is 51.4 Å². The van der Waals surface area contributed by atoms with E-state index in [9.17, 15) is 9.59 Å². The Hall–Kier alpha value is -0.660. The summed E-state index contributed by atoms with van der Waals surface area (Å²) in [6, 6.07) is 0. The van der Waals surface area contributed by atoms with Crippen LogP contribution in [0, 0.1) is 35.5 Å². The minimum absolute atomic E-state index is 0.504. The molecule has 5 fully saturated rings. The summed E-state index contributed by atoms with van der Waals surface area (Å²) in [5, 5.41) is 0. The average molecular weight is 415 g/mol. The van der Waals surface area contributed by atoms with Crippen LogP contribution < -0.4 is 0 Å². The predicted molar refractivity (Wildman–Crippen MR) is 123 cm³/mol. The standard InChI is InChI=1S/C17H28O.C11H18O/c18-17-11-9-16(10-12-17)15-7-5-14(6-8-15)13-3-1-2-4-13;12-11-7-5-10(6-8-11)9-3-1-2-4-9/h13-16H,1-12H2;9-10H,1-8H2. The Bertz CT molecular complexity index is 527. The SMILES string of the molecule is O=C1CCC(C2CCC(C3CCCC3)CC2)CC1.O=C1CCC(C2CCCC2)CC1. The highest BCUT2D eigenvalue weighted by molar-refractivity contribution is 5.79. The van der Waals surface area contributed by atoms with Crippen LogP contribution in [0.4, 0.5) is 0 Å². The summed E-state index contributed by atoms with van der Waals surface area (Å²) in [6.07, 6.45) is 26.1. The summed E-state index contributed by atoms with van der Waals surface area (Å²) in [7, 11) is 0. The van der Waals surface area contributed by atoms with E-state index in [2.05, 4.69) is 0 Å². The molecule has 0 saturated heterocycles. The molecular formula is C28H46O2. The van der Waals surface area contributed by atoms with E-state index in [0.29, 0.717) is 11.6 Å². The van der Waals surface area contributed by atoms with Crippen LogP contribution in [0.15, 0.2) is 0 Å². The molecule has 0 N–H and O–H groups in total. The number of ketones is 2. The molecule has 170 valence electrons. The number of hydrogen-bond acceptors (Lipinski definition) is 2. The molecule has 0 aromatic carbocycles. The van der Waals surface area contributed by atoms with Crippen molar-refractivity contribution in [3.05, 3.63) is 0 Å². The van der Waals surface area contributed by atoms with Crippen molar-refractivity contribution in [2.24, 2.45) is 35.5 Å². The molecule has 5 aliphatic rings. The quantitative estimate of drug-likeness (QED) is 0.474. The summed E-state index contributed by atoms with van der Waals surface area (Å²) < 4.78 is 0. The predicted octanol–water partition coefficient (Wildman–Crippen LogP) is 7.68. The van der Waals surface area contributed by atoms with E-state index in [0.717, 1.165) is 61.2 Å². The minimum Gasteiger partial charge on any atom is -0.300 e. The lowest BCUT2D eigenvalue weighted by Gasteiger charge is -2.37. The third-order valence-electron chi connectivity index (χ3n) is 9.79. The minimum atomic E-state index is 0.504. The number of carbonyl (C=O) groups excluding carboxylic acids is 2. The molecule has 0 heterocycles. The maximum absolute atomic E-state index is 11.3. The average Bonchev–Trinajstić information content (AvgIpc) is 3.50. The number of hydrogen-bond donors (Lipinski definition) is 0. The molecule has 5 saturated carbocycles. The Morgan fingerprint density at radius 1 is 0.333 bits per heavy atom. The van der Waals surface area contributed by atoms with Gasteiger partial charge in [-0.25, -0.2) is 0 Å². The van der Waals surface area contributed by atoms with E-state index in [-0.39, 0.29) is 0 Å². The maximum atomic E-state index is 11.3. The van der Waals surface area contributed by atoms with Crippen LogP contribution >= 0.6 is 0 Å². The highest BCUT2D eigenvalue weighted by Gasteiger charge is 2.33. The molecule has 0 aromatic heterocycles. The zero-order chi connectivity index (χ0) is 20.8. The van der Waals surface area contributed by atoms with Gasteiger partial charge < -0.3 is 0 Å². The fourth-order valence-electron chi connectivity index (χ4n) is 7.81. The third-order valence-corrected chi connectivity index (χ3v) is 9.79. The summed E-state index contributed by atoms with van der Waals surface area (Å²) in [5.41, 5.74) is 0. The van der Waals surface area contributed by atoms with Gasteiger partial charge in [0.25, 0.3) is 0 Å². The zero-order valence-electron chi connectivity index (χ0n) is 19.4. The lowest BCUT2D eigenvalue weighted by molar-refractivity contribution is -0.122. The Balaban J connectivity index is 0.000000158. The van der Waals surface area contributed by atoms with E-state index < -0.39 is 0 Å². The highest BCUT2D eigenvalue weighted by atomic mass is 16.1. The Labute approximate surface area is 185 Å². The highest BCUT2D eigenvalue weighted by Crippen LogP contribution is 2.44. The number of Topliss-reactive ketones (excluding diaryl/α,β-unsaturated/α-hetero) is 2. The van der Waals surface area contributed by atoms with Crippen molar-refractivity contribution in [1.29, 1.82) is 0 Å². The summed E-state index contributed by atoms with van der Waals surface area (Å²) in [6.45, 7) is 0. The van der Waals surface area contributed by atoms with Crippen LogP contribution in [-0.2, 0) is 9.59 Å². The summed E-state index contributed by atoms with van der Waals surface area (Å²) in [5.74, 6) is 6.93. The van der Waals surface area contributed by atoms with Gasteiger partial charge >= 0.3 is 0 Å². The molecule has 0 radical (unpaired) electrons.